The van der Waals surface area contributed by atoms with E-state index in [0.29, 0.717) is 6.42 Å². The van der Waals surface area contributed by atoms with E-state index in [1.54, 1.807) is 0 Å². The molecule has 3 amide bonds. The summed E-state index contributed by atoms with van der Waals surface area (Å²) < 4.78 is 0. The van der Waals surface area contributed by atoms with Crippen LogP contribution in [0, 0.1) is 0 Å². The van der Waals surface area contributed by atoms with E-state index in [1.165, 1.54) is 6.92 Å². The van der Waals surface area contributed by atoms with Gasteiger partial charge in [-0.05, 0) is 13.3 Å². The third-order valence-corrected chi connectivity index (χ3v) is 1.60. The van der Waals surface area contributed by atoms with Crippen LogP contribution in [0.4, 0.5) is 4.79 Å². The van der Waals surface area contributed by atoms with Crippen molar-refractivity contribution < 1.29 is 19.5 Å². The van der Waals surface area contributed by atoms with E-state index in [4.69, 9.17) is 10.8 Å². The smallest absolute Gasteiger partial charge is 0.325 e. The Hall–Kier alpha value is -1.79. The molecule has 1 atom stereocenters. The Morgan fingerprint density at radius 1 is 1.40 bits per heavy atom. The minimum absolute atomic E-state index is 0.189. The zero-order chi connectivity index (χ0) is 11.8. The zero-order valence-corrected chi connectivity index (χ0v) is 8.45. The first-order valence-electron chi connectivity index (χ1n) is 4.49. The highest BCUT2D eigenvalue weighted by atomic mass is 16.4. The second-order valence-electron chi connectivity index (χ2n) is 3.03. The molecule has 0 aliphatic rings. The van der Waals surface area contributed by atoms with Crippen LogP contribution in [0.5, 0.6) is 0 Å². The highest BCUT2D eigenvalue weighted by molar-refractivity contribution is 5.82. The predicted molar refractivity (Wildman–Crippen MR) is 52.1 cm³/mol. The number of hydrogen-bond donors (Lipinski definition) is 4. The van der Waals surface area contributed by atoms with Gasteiger partial charge in [0.05, 0.1) is 0 Å². The van der Waals surface area contributed by atoms with Crippen LogP contribution in [0.15, 0.2) is 0 Å². The number of carboxylic acid groups (broad SMARTS) is 1. The molecule has 86 valence electrons. The van der Waals surface area contributed by atoms with Crippen molar-refractivity contribution in [2.75, 3.05) is 6.54 Å². The van der Waals surface area contributed by atoms with Crippen molar-refractivity contribution in [1.82, 2.24) is 10.6 Å². The van der Waals surface area contributed by atoms with Crippen LogP contribution in [0.1, 0.15) is 19.8 Å². The highest BCUT2D eigenvalue weighted by Crippen LogP contribution is 1.85. The van der Waals surface area contributed by atoms with Gasteiger partial charge in [-0.2, -0.15) is 0 Å². The highest BCUT2D eigenvalue weighted by Gasteiger charge is 2.12. The third kappa shape index (κ3) is 7.29. The Balaban J connectivity index is 3.58. The summed E-state index contributed by atoms with van der Waals surface area (Å²) in [7, 11) is 0. The Bertz CT molecular complexity index is 254. The molecule has 0 aromatic carbocycles. The van der Waals surface area contributed by atoms with E-state index in [-0.39, 0.29) is 13.0 Å². The minimum atomic E-state index is -1.11. The summed E-state index contributed by atoms with van der Waals surface area (Å²) in [6.45, 7) is 1.63. The van der Waals surface area contributed by atoms with E-state index in [2.05, 4.69) is 10.6 Å². The van der Waals surface area contributed by atoms with Crippen molar-refractivity contribution in [3.05, 3.63) is 0 Å². The van der Waals surface area contributed by atoms with E-state index >= 15 is 0 Å². The Morgan fingerprint density at radius 3 is 2.47 bits per heavy atom. The van der Waals surface area contributed by atoms with E-state index < -0.39 is 23.9 Å². The molecule has 7 heteroatoms. The molecule has 0 fully saturated rings. The Labute approximate surface area is 87.0 Å². The monoisotopic (exact) mass is 217 g/mol. The van der Waals surface area contributed by atoms with Crippen molar-refractivity contribution >= 4 is 17.9 Å². The average molecular weight is 217 g/mol. The van der Waals surface area contributed by atoms with Gasteiger partial charge in [0.1, 0.15) is 6.04 Å². The molecule has 0 saturated heterocycles. The van der Waals surface area contributed by atoms with Gasteiger partial charge >= 0.3 is 12.0 Å². The first kappa shape index (κ1) is 13.2. The number of urea groups is 1. The van der Waals surface area contributed by atoms with Gasteiger partial charge in [-0.3, -0.25) is 9.59 Å². The van der Waals surface area contributed by atoms with Crippen LogP contribution in [-0.4, -0.2) is 35.6 Å². The number of aliphatic carboxylic acids is 1. The number of amides is 3. The molecule has 0 aliphatic heterocycles. The van der Waals surface area contributed by atoms with Crippen molar-refractivity contribution in [2.45, 2.75) is 25.8 Å². The number of carbonyl (C=O) groups excluding carboxylic acids is 2. The van der Waals surface area contributed by atoms with Crippen molar-refractivity contribution in [3.8, 4) is 0 Å². The van der Waals surface area contributed by atoms with Crippen LogP contribution in [0.25, 0.3) is 0 Å². The number of nitrogens with one attached hydrogen (secondary N) is 2. The van der Waals surface area contributed by atoms with Gasteiger partial charge in [-0.25, -0.2) is 4.79 Å². The number of carboxylic acids is 1. The maximum atomic E-state index is 11.0. The quantitative estimate of drug-likeness (QED) is 0.427. The second-order valence-corrected chi connectivity index (χ2v) is 3.03. The summed E-state index contributed by atoms with van der Waals surface area (Å²) in [6.07, 6.45) is 0.624. The fourth-order valence-electron chi connectivity index (χ4n) is 0.774. The molecule has 0 spiro atoms. The molecule has 0 saturated carbocycles. The maximum absolute atomic E-state index is 11.0. The van der Waals surface area contributed by atoms with Crippen LogP contribution >= 0.6 is 0 Å². The molecule has 0 bridgehead atoms. The molecule has 5 N–H and O–H groups in total. The van der Waals surface area contributed by atoms with Gasteiger partial charge < -0.3 is 21.5 Å². The topological polar surface area (TPSA) is 122 Å². The van der Waals surface area contributed by atoms with Crippen LogP contribution in [-0.2, 0) is 9.59 Å². The van der Waals surface area contributed by atoms with Gasteiger partial charge in [0.25, 0.3) is 0 Å². The lowest BCUT2D eigenvalue weighted by atomic mass is 10.3. The normalized spacial score (nSPS) is 11.5. The molecule has 0 aliphatic carbocycles. The maximum Gasteiger partial charge on any atom is 0.325 e. The number of carbonyl (C=O) groups is 3. The number of rotatable bonds is 6. The summed E-state index contributed by atoms with van der Waals surface area (Å²) >= 11 is 0. The van der Waals surface area contributed by atoms with Gasteiger partial charge in [0, 0.05) is 13.0 Å². The van der Waals surface area contributed by atoms with Crippen LogP contribution < -0.4 is 16.4 Å². The predicted octanol–water partition coefficient (Wildman–Crippen LogP) is -0.976. The number of primary amides is 1. The minimum Gasteiger partial charge on any atom is -0.480 e. The van der Waals surface area contributed by atoms with Gasteiger partial charge in [-0.15, -0.1) is 0 Å². The van der Waals surface area contributed by atoms with Crippen molar-refractivity contribution in [3.63, 3.8) is 0 Å². The zero-order valence-electron chi connectivity index (χ0n) is 8.45. The molecule has 0 radical (unpaired) electrons. The molecular weight excluding hydrogens is 202 g/mol. The first-order valence-corrected chi connectivity index (χ1v) is 4.49. The summed E-state index contributed by atoms with van der Waals surface area (Å²) in [4.78, 5) is 31.7. The van der Waals surface area contributed by atoms with E-state index in [9.17, 15) is 14.4 Å². The molecule has 0 aromatic heterocycles. The molecule has 15 heavy (non-hydrogen) atoms. The third-order valence-electron chi connectivity index (χ3n) is 1.60. The number of hydrogen-bond acceptors (Lipinski definition) is 3. The van der Waals surface area contributed by atoms with Gasteiger partial charge in [0.2, 0.25) is 5.91 Å². The van der Waals surface area contributed by atoms with Gasteiger partial charge in [-0.1, -0.05) is 0 Å². The lowest BCUT2D eigenvalue weighted by molar-refractivity contribution is -0.138. The lowest BCUT2D eigenvalue weighted by Gasteiger charge is -2.10. The van der Waals surface area contributed by atoms with E-state index in [1.807, 2.05) is 0 Å². The standard InChI is InChI=1S/C8H15N3O4/c1-5(7(13)14)11-8(15)10-4-2-3-6(9)12/h5H,2-4H2,1H3,(H2,9,12)(H,13,14)(H2,10,11,15). The molecule has 0 rings (SSSR count). The average Bonchev–Trinajstić information content (AvgIpc) is 2.12. The second kappa shape index (κ2) is 6.63. The fraction of sp³-hybridized carbons (Fsp3) is 0.625. The van der Waals surface area contributed by atoms with Gasteiger partial charge in [0.15, 0.2) is 0 Å². The summed E-state index contributed by atoms with van der Waals surface area (Å²) in [5, 5.41) is 13.1. The Kier molecular flexibility index (Phi) is 5.84. The SMILES string of the molecule is CC(NC(=O)NCCCC(N)=O)C(=O)O. The summed E-state index contributed by atoms with van der Waals surface area (Å²) in [6, 6.07) is -1.52. The summed E-state index contributed by atoms with van der Waals surface area (Å²) in [5.74, 6) is -1.54. The van der Waals surface area contributed by atoms with Crippen LogP contribution in [0.3, 0.4) is 0 Å². The molecule has 0 heterocycles. The van der Waals surface area contributed by atoms with Crippen molar-refractivity contribution in [2.24, 2.45) is 5.73 Å². The largest absolute Gasteiger partial charge is 0.480 e. The fourth-order valence-corrected chi connectivity index (χ4v) is 0.774. The molecule has 7 nitrogen and oxygen atoms in total. The number of nitrogens with two attached hydrogens (primary N) is 1. The van der Waals surface area contributed by atoms with Crippen molar-refractivity contribution in [1.29, 1.82) is 0 Å². The molecular formula is C8H15N3O4. The van der Waals surface area contributed by atoms with Crippen LogP contribution in [0.2, 0.25) is 0 Å². The first-order chi connectivity index (χ1) is 6.93. The molecule has 0 aromatic rings. The van der Waals surface area contributed by atoms with E-state index in [0.717, 1.165) is 0 Å². The lowest BCUT2D eigenvalue weighted by Crippen LogP contribution is -2.44. The molecule has 1 unspecified atom stereocenters. The Morgan fingerprint density at radius 2 is 2.00 bits per heavy atom. The summed E-state index contributed by atoms with van der Waals surface area (Å²) in [5.41, 5.74) is 4.88.